The van der Waals surface area contributed by atoms with Crippen molar-refractivity contribution in [2.75, 3.05) is 5.32 Å². The van der Waals surface area contributed by atoms with Crippen LogP contribution in [0.5, 0.6) is 0 Å². The molecule has 1 aliphatic rings. The van der Waals surface area contributed by atoms with Gasteiger partial charge in [0.2, 0.25) is 0 Å². The summed E-state index contributed by atoms with van der Waals surface area (Å²) < 4.78 is 38.9. The lowest BCUT2D eigenvalue weighted by Gasteiger charge is -2.38. The zero-order chi connectivity index (χ0) is 17.5. The van der Waals surface area contributed by atoms with E-state index in [1.165, 1.54) is 0 Å². The second kappa shape index (κ2) is 5.87. The van der Waals surface area contributed by atoms with E-state index in [9.17, 15) is 18.3 Å². The van der Waals surface area contributed by atoms with Crippen LogP contribution >= 0.6 is 0 Å². The first-order chi connectivity index (χ1) is 11.1. The van der Waals surface area contributed by atoms with Gasteiger partial charge in [-0.15, -0.1) is 15.3 Å². The molecule has 1 fully saturated rings. The molecule has 0 bridgehead atoms. The van der Waals surface area contributed by atoms with E-state index in [1.807, 2.05) is 0 Å². The molecular formula is C15H20F3N5O. The predicted octanol–water partition coefficient (Wildman–Crippen LogP) is 2.58. The molecule has 0 aromatic carbocycles. The summed E-state index contributed by atoms with van der Waals surface area (Å²) in [7, 11) is 0. The van der Waals surface area contributed by atoms with Gasteiger partial charge in [-0.05, 0) is 36.8 Å². The molecule has 9 heteroatoms. The van der Waals surface area contributed by atoms with Gasteiger partial charge in [-0.25, -0.2) is 0 Å². The maximum atomic E-state index is 12.6. The Hall–Kier alpha value is -1.90. The Bertz CT molecular complexity index is 727. The molecule has 2 heterocycles. The highest BCUT2D eigenvalue weighted by Crippen LogP contribution is 2.36. The van der Waals surface area contributed by atoms with Crippen molar-refractivity contribution in [1.29, 1.82) is 0 Å². The van der Waals surface area contributed by atoms with Crippen LogP contribution in [0, 0.1) is 5.41 Å². The Balaban J connectivity index is 1.81. The number of nitrogens with zero attached hydrogens (tertiary/aromatic N) is 4. The lowest BCUT2D eigenvalue weighted by Crippen LogP contribution is -2.39. The quantitative estimate of drug-likeness (QED) is 0.896. The number of anilines is 1. The van der Waals surface area contributed by atoms with Crippen LogP contribution in [-0.4, -0.2) is 43.2 Å². The molecule has 132 valence electrons. The Morgan fingerprint density at radius 1 is 1.29 bits per heavy atom. The van der Waals surface area contributed by atoms with Crippen LogP contribution in [0.15, 0.2) is 12.1 Å². The fourth-order valence-electron chi connectivity index (χ4n) is 3.40. The molecule has 2 N–H and O–H groups in total. The molecular weight excluding hydrogens is 323 g/mol. The highest BCUT2D eigenvalue weighted by Gasteiger charge is 2.33. The van der Waals surface area contributed by atoms with Gasteiger partial charge < -0.3 is 10.4 Å². The standard InChI is InChI=1S/C15H20F3N5O/c1-14(2)6-9(5-10(24)7-14)19-11-3-4-12-20-21-13(23(12)22-11)8-15(16,17)18/h3-4,9-10,24H,5-8H2,1-2H3,(H,19,22)/t9-,10+/m1/s1. The monoisotopic (exact) mass is 343 g/mol. The molecule has 1 saturated carbocycles. The Morgan fingerprint density at radius 2 is 2.04 bits per heavy atom. The Kier molecular flexibility index (Phi) is 4.15. The van der Waals surface area contributed by atoms with Crippen LogP contribution in [0.4, 0.5) is 19.0 Å². The molecule has 2 atom stereocenters. The Morgan fingerprint density at radius 3 is 2.71 bits per heavy atom. The third-order valence-corrected chi connectivity index (χ3v) is 4.18. The van der Waals surface area contributed by atoms with E-state index in [4.69, 9.17) is 0 Å². The zero-order valence-corrected chi connectivity index (χ0v) is 13.5. The van der Waals surface area contributed by atoms with Gasteiger partial charge in [0.1, 0.15) is 12.2 Å². The van der Waals surface area contributed by atoms with Crippen LogP contribution < -0.4 is 5.32 Å². The lowest BCUT2D eigenvalue weighted by molar-refractivity contribution is -0.128. The molecule has 0 aliphatic heterocycles. The SMILES string of the molecule is CC1(C)C[C@@H](O)C[C@@H](Nc2ccc3nnc(CC(F)(F)F)n3n2)C1. The van der Waals surface area contributed by atoms with Crippen molar-refractivity contribution >= 4 is 11.5 Å². The number of alkyl halides is 3. The minimum atomic E-state index is -4.37. The van der Waals surface area contributed by atoms with Gasteiger partial charge in [0.25, 0.3) is 0 Å². The highest BCUT2D eigenvalue weighted by atomic mass is 19.4. The molecule has 6 nitrogen and oxygen atoms in total. The summed E-state index contributed by atoms with van der Waals surface area (Å²) in [4.78, 5) is 0. The van der Waals surface area contributed by atoms with E-state index in [0.717, 1.165) is 17.4 Å². The number of halogens is 3. The highest BCUT2D eigenvalue weighted by molar-refractivity contribution is 5.44. The molecule has 0 unspecified atom stereocenters. The van der Waals surface area contributed by atoms with Crippen LogP contribution in [0.2, 0.25) is 0 Å². The molecule has 0 radical (unpaired) electrons. The van der Waals surface area contributed by atoms with E-state index in [1.54, 1.807) is 12.1 Å². The van der Waals surface area contributed by atoms with Crippen molar-refractivity contribution < 1.29 is 18.3 Å². The first-order valence-corrected chi connectivity index (χ1v) is 7.84. The van der Waals surface area contributed by atoms with Crippen LogP contribution in [-0.2, 0) is 6.42 Å². The number of aromatic nitrogens is 4. The smallest absolute Gasteiger partial charge is 0.393 e. The van der Waals surface area contributed by atoms with Crippen LogP contribution in [0.25, 0.3) is 5.65 Å². The summed E-state index contributed by atoms with van der Waals surface area (Å²) in [5.74, 6) is 0.200. The second-order valence-corrected chi connectivity index (χ2v) is 7.20. The van der Waals surface area contributed by atoms with E-state index in [0.29, 0.717) is 12.2 Å². The van der Waals surface area contributed by atoms with E-state index in [2.05, 4.69) is 34.5 Å². The lowest BCUT2D eigenvalue weighted by atomic mass is 9.74. The number of fused-ring (bicyclic) bond motifs is 1. The van der Waals surface area contributed by atoms with Crippen molar-refractivity contribution in [2.45, 2.75) is 57.9 Å². The number of aliphatic hydroxyl groups is 1. The number of hydrogen-bond acceptors (Lipinski definition) is 5. The fraction of sp³-hybridized carbons (Fsp3) is 0.667. The van der Waals surface area contributed by atoms with Gasteiger partial charge in [-0.2, -0.15) is 17.7 Å². The average Bonchev–Trinajstić information content (AvgIpc) is 2.77. The second-order valence-electron chi connectivity index (χ2n) is 7.20. The summed E-state index contributed by atoms with van der Waals surface area (Å²) in [5.41, 5.74) is 0.265. The molecule has 1 aliphatic carbocycles. The summed E-state index contributed by atoms with van der Waals surface area (Å²) in [6.45, 7) is 4.17. The van der Waals surface area contributed by atoms with Gasteiger partial charge in [0.15, 0.2) is 11.5 Å². The predicted molar refractivity (Wildman–Crippen MR) is 81.6 cm³/mol. The Labute approximate surface area is 137 Å². The molecule has 3 rings (SSSR count). The first-order valence-electron chi connectivity index (χ1n) is 7.84. The van der Waals surface area contributed by atoms with Crippen LogP contribution in [0.3, 0.4) is 0 Å². The molecule has 24 heavy (non-hydrogen) atoms. The van der Waals surface area contributed by atoms with Crippen molar-refractivity contribution in [3.05, 3.63) is 18.0 Å². The third-order valence-electron chi connectivity index (χ3n) is 4.18. The van der Waals surface area contributed by atoms with Gasteiger partial charge in [-0.1, -0.05) is 13.8 Å². The minimum Gasteiger partial charge on any atom is -0.393 e. The first kappa shape index (κ1) is 16.9. The van der Waals surface area contributed by atoms with Crippen molar-refractivity contribution in [2.24, 2.45) is 5.41 Å². The summed E-state index contributed by atoms with van der Waals surface area (Å²) in [6.07, 6.45) is -3.78. The third kappa shape index (κ3) is 3.95. The van der Waals surface area contributed by atoms with E-state index in [-0.39, 0.29) is 22.9 Å². The topological polar surface area (TPSA) is 75.3 Å². The van der Waals surface area contributed by atoms with Crippen molar-refractivity contribution in [1.82, 2.24) is 19.8 Å². The van der Waals surface area contributed by atoms with Gasteiger partial charge in [0.05, 0.1) is 6.10 Å². The minimum absolute atomic E-state index is 0.00254. The molecule has 0 saturated heterocycles. The largest absolute Gasteiger partial charge is 0.396 e. The summed E-state index contributed by atoms with van der Waals surface area (Å²) in [6, 6.07) is 3.25. The number of rotatable bonds is 3. The maximum absolute atomic E-state index is 12.6. The van der Waals surface area contributed by atoms with Crippen molar-refractivity contribution in [3.63, 3.8) is 0 Å². The van der Waals surface area contributed by atoms with E-state index < -0.39 is 18.7 Å². The van der Waals surface area contributed by atoms with Crippen LogP contribution in [0.1, 0.15) is 38.9 Å². The maximum Gasteiger partial charge on any atom is 0.396 e. The zero-order valence-electron chi connectivity index (χ0n) is 13.5. The molecule has 0 amide bonds. The van der Waals surface area contributed by atoms with Gasteiger partial charge in [0, 0.05) is 6.04 Å². The molecule has 2 aromatic heterocycles. The van der Waals surface area contributed by atoms with E-state index >= 15 is 0 Å². The van der Waals surface area contributed by atoms with Gasteiger partial charge in [-0.3, -0.25) is 0 Å². The summed E-state index contributed by atoms with van der Waals surface area (Å²) in [5, 5.41) is 24.7. The normalized spacial score (nSPS) is 24.2. The summed E-state index contributed by atoms with van der Waals surface area (Å²) >= 11 is 0. The molecule has 2 aromatic rings. The number of nitrogens with one attached hydrogen (secondary N) is 1. The van der Waals surface area contributed by atoms with Crippen molar-refractivity contribution in [3.8, 4) is 0 Å². The number of aliphatic hydroxyl groups excluding tert-OH is 1. The van der Waals surface area contributed by atoms with Gasteiger partial charge >= 0.3 is 6.18 Å². The number of hydrogen-bond donors (Lipinski definition) is 2. The fourth-order valence-corrected chi connectivity index (χ4v) is 3.40. The average molecular weight is 343 g/mol. The molecule has 0 spiro atoms.